The summed E-state index contributed by atoms with van der Waals surface area (Å²) in [6.07, 6.45) is 0. The van der Waals surface area contributed by atoms with E-state index in [1.807, 2.05) is 13.0 Å². The molecule has 1 N–H and O–H groups in total. The van der Waals surface area contributed by atoms with Crippen molar-refractivity contribution in [1.29, 1.82) is 0 Å². The number of hydrogen-bond acceptors (Lipinski definition) is 4. The SMILES string of the molecule is Cc1ccc(S(=O)(=O)Nc2ccc(C(=O)N3CCOCC3)cc2)c(C)c1. The largest absolute Gasteiger partial charge is 0.378 e. The number of hydrogen-bond donors (Lipinski definition) is 1. The summed E-state index contributed by atoms with van der Waals surface area (Å²) in [5.74, 6) is -0.0721. The number of amides is 1. The molecule has 6 nitrogen and oxygen atoms in total. The highest BCUT2D eigenvalue weighted by molar-refractivity contribution is 7.92. The van der Waals surface area contributed by atoms with Gasteiger partial charge in [0.1, 0.15) is 0 Å². The topological polar surface area (TPSA) is 75.7 Å². The van der Waals surface area contributed by atoms with Crippen LogP contribution in [0.3, 0.4) is 0 Å². The Labute approximate surface area is 153 Å². The van der Waals surface area contributed by atoms with Gasteiger partial charge in [-0.15, -0.1) is 0 Å². The molecule has 0 radical (unpaired) electrons. The fraction of sp³-hybridized carbons (Fsp3) is 0.316. The first-order valence-electron chi connectivity index (χ1n) is 8.44. The Morgan fingerprint density at radius 2 is 1.69 bits per heavy atom. The lowest BCUT2D eigenvalue weighted by atomic mass is 10.2. The zero-order chi connectivity index (χ0) is 18.7. The number of ether oxygens (including phenoxy) is 1. The maximum Gasteiger partial charge on any atom is 0.262 e. The first-order valence-corrected chi connectivity index (χ1v) is 9.92. The number of sulfonamides is 1. The van der Waals surface area contributed by atoms with Gasteiger partial charge in [-0.05, 0) is 49.7 Å². The summed E-state index contributed by atoms with van der Waals surface area (Å²) in [5.41, 5.74) is 2.65. The molecule has 2 aromatic rings. The molecule has 1 aliphatic rings. The van der Waals surface area contributed by atoms with Crippen LogP contribution in [0.25, 0.3) is 0 Å². The van der Waals surface area contributed by atoms with E-state index in [2.05, 4.69) is 4.72 Å². The van der Waals surface area contributed by atoms with E-state index >= 15 is 0 Å². The number of anilines is 1. The number of aryl methyl sites for hydroxylation is 2. The third-order valence-corrected chi connectivity index (χ3v) is 5.84. The second-order valence-corrected chi connectivity index (χ2v) is 8.01. The molecule has 0 saturated carbocycles. The summed E-state index contributed by atoms with van der Waals surface area (Å²) >= 11 is 0. The van der Waals surface area contributed by atoms with Gasteiger partial charge >= 0.3 is 0 Å². The monoisotopic (exact) mass is 374 g/mol. The second-order valence-electron chi connectivity index (χ2n) is 6.36. The third-order valence-electron chi connectivity index (χ3n) is 4.30. The average molecular weight is 374 g/mol. The smallest absolute Gasteiger partial charge is 0.262 e. The fourth-order valence-corrected chi connectivity index (χ4v) is 4.23. The van der Waals surface area contributed by atoms with E-state index in [0.717, 1.165) is 5.56 Å². The van der Waals surface area contributed by atoms with Gasteiger partial charge < -0.3 is 9.64 Å². The molecular weight excluding hydrogens is 352 g/mol. The van der Waals surface area contributed by atoms with Crippen molar-refractivity contribution in [1.82, 2.24) is 4.90 Å². The van der Waals surface area contributed by atoms with E-state index in [9.17, 15) is 13.2 Å². The fourth-order valence-electron chi connectivity index (χ4n) is 2.94. The zero-order valence-electron chi connectivity index (χ0n) is 14.9. The van der Waals surface area contributed by atoms with Crippen LogP contribution in [0.4, 0.5) is 5.69 Å². The molecule has 1 fully saturated rings. The zero-order valence-corrected chi connectivity index (χ0v) is 15.7. The highest BCUT2D eigenvalue weighted by Gasteiger charge is 2.20. The molecule has 0 bridgehead atoms. The van der Waals surface area contributed by atoms with Crippen molar-refractivity contribution in [3.05, 3.63) is 59.2 Å². The number of carbonyl (C=O) groups is 1. The standard InChI is InChI=1S/C19H22N2O4S/c1-14-3-8-18(15(2)13-14)26(23,24)20-17-6-4-16(5-7-17)19(22)21-9-11-25-12-10-21/h3-8,13,20H,9-12H2,1-2H3. The minimum Gasteiger partial charge on any atom is -0.378 e. The highest BCUT2D eigenvalue weighted by Crippen LogP contribution is 2.21. The van der Waals surface area contributed by atoms with E-state index in [1.165, 1.54) is 0 Å². The van der Waals surface area contributed by atoms with Gasteiger partial charge in [-0.25, -0.2) is 8.42 Å². The molecule has 1 amide bonds. The van der Waals surface area contributed by atoms with Gasteiger partial charge in [0.25, 0.3) is 15.9 Å². The Kier molecular flexibility index (Phi) is 5.29. The molecule has 2 aromatic carbocycles. The maximum atomic E-state index is 12.6. The Balaban J connectivity index is 1.75. The van der Waals surface area contributed by atoms with Crippen molar-refractivity contribution in [2.24, 2.45) is 0 Å². The van der Waals surface area contributed by atoms with Gasteiger partial charge in [0, 0.05) is 24.3 Å². The molecule has 138 valence electrons. The van der Waals surface area contributed by atoms with Crippen molar-refractivity contribution in [2.75, 3.05) is 31.0 Å². The van der Waals surface area contributed by atoms with Crippen LogP contribution < -0.4 is 4.72 Å². The van der Waals surface area contributed by atoms with Gasteiger partial charge in [0.15, 0.2) is 0 Å². The summed E-state index contributed by atoms with van der Waals surface area (Å²) in [7, 11) is -3.68. The van der Waals surface area contributed by atoms with Gasteiger partial charge in [0.2, 0.25) is 0 Å². The molecule has 0 aliphatic carbocycles. The number of nitrogens with zero attached hydrogens (tertiary/aromatic N) is 1. The summed E-state index contributed by atoms with van der Waals surface area (Å²) in [5, 5.41) is 0. The summed E-state index contributed by atoms with van der Waals surface area (Å²) in [6.45, 7) is 5.91. The van der Waals surface area contributed by atoms with Gasteiger partial charge in [-0.1, -0.05) is 17.7 Å². The minimum absolute atomic E-state index is 0.0721. The van der Waals surface area contributed by atoms with E-state index in [4.69, 9.17) is 4.74 Å². The highest BCUT2D eigenvalue weighted by atomic mass is 32.2. The molecule has 0 atom stereocenters. The molecule has 1 heterocycles. The maximum absolute atomic E-state index is 12.6. The Morgan fingerprint density at radius 1 is 1.04 bits per heavy atom. The first kappa shape index (κ1) is 18.4. The number of nitrogens with one attached hydrogen (secondary N) is 1. The van der Waals surface area contributed by atoms with Crippen LogP contribution in [0.2, 0.25) is 0 Å². The molecule has 1 aliphatic heterocycles. The molecule has 0 aromatic heterocycles. The van der Waals surface area contributed by atoms with E-state index in [1.54, 1.807) is 48.2 Å². The summed E-state index contributed by atoms with van der Waals surface area (Å²) < 4.78 is 33.0. The quantitative estimate of drug-likeness (QED) is 0.892. The molecule has 7 heteroatoms. The average Bonchev–Trinajstić information content (AvgIpc) is 2.62. The lowest BCUT2D eigenvalue weighted by Crippen LogP contribution is -2.40. The molecular formula is C19H22N2O4S. The Bertz CT molecular complexity index is 902. The van der Waals surface area contributed by atoms with Crippen LogP contribution in [0.5, 0.6) is 0 Å². The lowest BCUT2D eigenvalue weighted by Gasteiger charge is -2.26. The van der Waals surface area contributed by atoms with Crippen LogP contribution in [0.1, 0.15) is 21.5 Å². The van der Waals surface area contributed by atoms with Crippen molar-refractivity contribution in [2.45, 2.75) is 18.7 Å². The van der Waals surface area contributed by atoms with Crippen LogP contribution in [-0.4, -0.2) is 45.5 Å². The molecule has 0 unspecified atom stereocenters. The van der Waals surface area contributed by atoms with Gasteiger partial charge in [0.05, 0.1) is 18.1 Å². The van der Waals surface area contributed by atoms with Crippen LogP contribution in [0.15, 0.2) is 47.4 Å². The number of morpholine rings is 1. The summed E-state index contributed by atoms with van der Waals surface area (Å²) in [6, 6.07) is 11.7. The lowest BCUT2D eigenvalue weighted by molar-refractivity contribution is 0.0303. The van der Waals surface area contributed by atoms with E-state index < -0.39 is 10.0 Å². The van der Waals surface area contributed by atoms with Crippen molar-refractivity contribution < 1.29 is 17.9 Å². The third kappa shape index (κ3) is 4.05. The van der Waals surface area contributed by atoms with Crippen molar-refractivity contribution >= 4 is 21.6 Å². The molecule has 0 spiro atoms. The predicted octanol–water partition coefficient (Wildman–Crippen LogP) is 2.58. The first-order chi connectivity index (χ1) is 12.4. The Hall–Kier alpha value is -2.38. The number of benzene rings is 2. The number of rotatable bonds is 4. The summed E-state index contributed by atoms with van der Waals surface area (Å²) in [4.78, 5) is 14.4. The minimum atomic E-state index is -3.68. The molecule has 26 heavy (non-hydrogen) atoms. The number of carbonyl (C=O) groups excluding carboxylic acids is 1. The second kappa shape index (κ2) is 7.47. The molecule has 3 rings (SSSR count). The van der Waals surface area contributed by atoms with E-state index in [0.29, 0.717) is 43.1 Å². The normalized spacial score (nSPS) is 14.9. The Morgan fingerprint density at radius 3 is 2.31 bits per heavy atom. The van der Waals surface area contributed by atoms with Gasteiger partial charge in [-0.3, -0.25) is 9.52 Å². The van der Waals surface area contributed by atoms with Crippen LogP contribution in [-0.2, 0) is 14.8 Å². The van der Waals surface area contributed by atoms with Crippen molar-refractivity contribution in [3.8, 4) is 0 Å². The van der Waals surface area contributed by atoms with Crippen LogP contribution in [0, 0.1) is 13.8 Å². The molecule has 1 saturated heterocycles. The van der Waals surface area contributed by atoms with Crippen LogP contribution >= 0.6 is 0 Å². The van der Waals surface area contributed by atoms with Gasteiger partial charge in [-0.2, -0.15) is 0 Å². The van der Waals surface area contributed by atoms with Crippen molar-refractivity contribution in [3.63, 3.8) is 0 Å². The predicted molar refractivity (Wildman–Crippen MR) is 99.9 cm³/mol. The van der Waals surface area contributed by atoms with E-state index in [-0.39, 0.29) is 10.8 Å².